The molecule has 1 aromatic carbocycles. The number of fused-ring (bicyclic) bond motifs is 3. The maximum atomic E-state index is 6.18. The summed E-state index contributed by atoms with van der Waals surface area (Å²) in [5.41, 5.74) is 3.19. The highest BCUT2D eigenvalue weighted by molar-refractivity contribution is 6.17. The van der Waals surface area contributed by atoms with Crippen LogP contribution in [0.3, 0.4) is 0 Å². The molecule has 2 atom stereocenters. The van der Waals surface area contributed by atoms with Crippen molar-refractivity contribution in [1.82, 2.24) is 14.5 Å². The van der Waals surface area contributed by atoms with Crippen molar-refractivity contribution in [1.29, 1.82) is 0 Å². The fraction of sp³-hybridized carbons (Fsp3) is 0.412. The molecule has 21 heavy (non-hydrogen) atoms. The Bertz CT molecular complexity index is 808. The average Bonchev–Trinajstić information content (AvgIpc) is 3.09. The maximum Gasteiger partial charge on any atom is 0.125 e. The third kappa shape index (κ3) is 1.95. The third-order valence-electron chi connectivity index (χ3n) is 4.76. The molecule has 0 amide bonds. The molecule has 3 nitrogen and oxygen atoms in total. The highest BCUT2D eigenvalue weighted by Gasteiger charge is 2.29. The Labute approximate surface area is 129 Å². The lowest BCUT2D eigenvalue weighted by Gasteiger charge is -2.21. The SMILES string of the molecule is CC1CCCC1n1c(CCl)nc2cnc3ccccc3c21. The van der Waals surface area contributed by atoms with Crippen molar-refractivity contribution in [3.63, 3.8) is 0 Å². The van der Waals surface area contributed by atoms with E-state index in [0.29, 0.717) is 17.8 Å². The molecule has 1 aliphatic rings. The van der Waals surface area contributed by atoms with E-state index in [2.05, 4.69) is 34.7 Å². The lowest BCUT2D eigenvalue weighted by Crippen LogP contribution is -2.14. The number of para-hydroxylation sites is 1. The van der Waals surface area contributed by atoms with Gasteiger partial charge in [0, 0.05) is 11.4 Å². The molecule has 0 spiro atoms. The van der Waals surface area contributed by atoms with Gasteiger partial charge >= 0.3 is 0 Å². The first-order valence-electron chi connectivity index (χ1n) is 7.60. The fourth-order valence-electron chi connectivity index (χ4n) is 3.73. The standard InChI is InChI=1S/C17H18ClN3/c1-11-5-4-8-15(11)21-16(9-18)20-14-10-19-13-7-3-2-6-12(13)17(14)21/h2-3,6-7,10-11,15H,4-5,8-9H2,1H3. The zero-order valence-electron chi connectivity index (χ0n) is 12.1. The molecule has 1 saturated carbocycles. The summed E-state index contributed by atoms with van der Waals surface area (Å²) < 4.78 is 2.39. The van der Waals surface area contributed by atoms with Gasteiger partial charge in [0.1, 0.15) is 11.3 Å². The fourth-order valence-corrected chi connectivity index (χ4v) is 3.92. The predicted molar refractivity (Wildman–Crippen MR) is 86.6 cm³/mol. The first-order chi connectivity index (χ1) is 10.3. The van der Waals surface area contributed by atoms with Crippen LogP contribution in [0.5, 0.6) is 0 Å². The number of alkyl halides is 1. The summed E-state index contributed by atoms with van der Waals surface area (Å²) >= 11 is 6.18. The Morgan fingerprint density at radius 3 is 2.86 bits per heavy atom. The Morgan fingerprint density at radius 1 is 1.24 bits per heavy atom. The van der Waals surface area contributed by atoms with Crippen LogP contribution in [-0.2, 0) is 5.88 Å². The predicted octanol–water partition coefficient (Wildman–Crippen LogP) is 4.68. The van der Waals surface area contributed by atoms with E-state index < -0.39 is 0 Å². The minimum Gasteiger partial charge on any atom is -0.323 e. The minimum absolute atomic E-state index is 0.451. The van der Waals surface area contributed by atoms with Crippen molar-refractivity contribution in [2.24, 2.45) is 5.92 Å². The number of halogens is 1. The van der Waals surface area contributed by atoms with Crippen LogP contribution >= 0.6 is 11.6 Å². The maximum absolute atomic E-state index is 6.18. The smallest absolute Gasteiger partial charge is 0.125 e. The first-order valence-corrected chi connectivity index (χ1v) is 8.13. The molecule has 0 aliphatic heterocycles. The molecule has 4 heteroatoms. The molecule has 0 N–H and O–H groups in total. The first kappa shape index (κ1) is 13.1. The summed E-state index contributed by atoms with van der Waals surface area (Å²) in [6.45, 7) is 2.34. The lowest BCUT2D eigenvalue weighted by atomic mass is 10.1. The monoisotopic (exact) mass is 299 g/mol. The highest BCUT2D eigenvalue weighted by atomic mass is 35.5. The molecular weight excluding hydrogens is 282 g/mol. The second-order valence-electron chi connectivity index (χ2n) is 6.02. The summed E-state index contributed by atoms with van der Waals surface area (Å²) in [4.78, 5) is 9.25. The Balaban J connectivity index is 2.08. The van der Waals surface area contributed by atoms with Crippen LogP contribution in [0.15, 0.2) is 30.5 Å². The van der Waals surface area contributed by atoms with E-state index in [1.165, 1.54) is 30.2 Å². The van der Waals surface area contributed by atoms with Crippen molar-refractivity contribution in [3.05, 3.63) is 36.3 Å². The van der Waals surface area contributed by atoms with Crippen LogP contribution in [0.4, 0.5) is 0 Å². The summed E-state index contributed by atoms with van der Waals surface area (Å²) in [6.07, 6.45) is 5.67. The number of nitrogens with zero attached hydrogens (tertiary/aromatic N) is 3. The van der Waals surface area contributed by atoms with Crippen molar-refractivity contribution in [2.45, 2.75) is 38.1 Å². The summed E-state index contributed by atoms with van der Waals surface area (Å²) in [6, 6.07) is 8.81. The molecule has 2 heterocycles. The number of hydrogen-bond acceptors (Lipinski definition) is 2. The van der Waals surface area contributed by atoms with Crippen LogP contribution in [0, 0.1) is 5.92 Å². The lowest BCUT2D eigenvalue weighted by molar-refractivity contribution is 0.409. The van der Waals surface area contributed by atoms with Gasteiger partial charge in [-0.2, -0.15) is 0 Å². The van der Waals surface area contributed by atoms with Gasteiger partial charge in [-0.3, -0.25) is 4.98 Å². The van der Waals surface area contributed by atoms with E-state index in [-0.39, 0.29) is 0 Å². The third-order valence-corrected chi connectivity index (χ3v) is 5.00. The highest BCUT2D eigenvalue weighted by Crippen LogP contribution is 2.39. The summed E-state index contributed by atoms with van der Waals surface area (Å²) in [5.74, 6) is 2.10. The van der Waals surface area contributed by atoms with Gasteiger partial charge in [0.05, 0.1) is 23.1 Å². The zero-order valence-corrected chi connectivity index (χ0v) is 12.8. The van der Waals surface area contributed by atoms with E-state index in [9.17, 15) is 0 Å². The second kappa shape index (κ2) is 4.99. The van der Waals surface area contributed by atoms with Gasteiger partial charge in [-0.05, 0) is 24.8 Å². The molecule has 4 rings (SSSR count). The molecule has 3 aromatic rings. The Kier molecular flexibility index (Phi) is 3.11. The van der Waals surface area contributed by atoms with Crippen LogP contribution in [-0.4, -0.2) is 14.5 Å². The molecule has 2 unspecified atom stereocenters. The molecule has 0 saturated heterocycles. The topological polar surface area (TPSA) is 30.7 Å². The molecule has 2 aromatic heterocycles. The molecule has 0 bridgehead atoms. The van der Waals surface area contributed by atoms with Crippen LogP contribution in [0.1, 0.15) is 38.1 Å². The summed E-state index contributed by atoms with van der Waals surface area (Å²) in [7, 11) is 0. The van der Waals surface area contributed by atoms with Crippen molar-refractivity contribution < 1.29 is 0 Å². The van der Waals surface area contributed by atoms with E-state index in [1.54, 1.807) is 0 Å². The molecule has 1 fully saturated rings. The summed E-state index contributed by atoms with van der Waals surface area (Å²) in [5, 5.41) is 1.18. The molecule has 108 valence electrons. The number of imidazole rings is 1. The average molecular weight is 300 g/mol. The second-order valence-corrected chi connectivity index (χ2v) is 6.28. The Morgan fingerprint density at radius 2 is 2.10 bits per heavy atom. The van der Waals surface area contributed by atoms with Crippen molar-refractivity contribution in [2.75, 3.05) is 0 Å². The quantitative estimate of drug-likeness (QED) is 0.643. The zero-order chi connectivity index (χ0) is 14.4. The number of benzene rings is 1. The van der Waals surface area contributed by atoms with Crippen molar-refractivity contribution >= 4 is 33.5 Å². The van der Waals surface area contributed by atoms with Crippen molar-refractivity contribution in [3.8, 4) is 0 Å². The molecule has 1 aliphatic carbocycles. The molecular formula is C17H18ClN3. The van der Waals surface area contributed by atoms with Gasteiger partial charge in [-0.1, -0.05) is 31.5 Å². The van der Waals surface area contributed by atoms with E-state index in [0.717, 1.165) is 16.9 Å². The van der Waals surface area contributed by atoms with Gasteiger partial charge in [0.15, 0.2) is 0 Å². The van der Waals surface area contributed by atoms with Gasteiger partial charge in [-0.15, -0.1) is 11.6 Å². The number of pyridine rings is 1. The van der Waals surface area contributed by atoms with Gasteiger partial charge in [0.25, 0.3) is 0 Å². The van der Waals surface area contributed by atoms with Gasteiger partial charge < -0.3 is 4.57 Å². The largest absolute Gasteiger partial charge is 0.323 e. The normalized spacial score (nSPS) is 22.4. The molecule has 0 radical (unpaired) electrons. The minimum atomic E-state index is 0.451. The van der Waals surface area contributed by atoms with E-state index in [4.69, 9.17) is 16.6 Å². The number of rotatable bonds is 2. The number of hydrogen-bond donors (Lipinski definition) is 0. The van der Waals surface area contributed by atoms with Crippen LogP contribution < -0.4 is 0 Å². The number of aromatic nitrogens is 3. The van der Waals surface area contributed by atoms with Gasteiger partial charge in [-0.25, -0.2) is 4.98 Å². The van der Waals surface area contributed by atoms with Crippen LogP contribution in [0.25, 0.3) is 21.9 Å². The Hall–Kier alpha value is -1.61. The van der Waals surface area contributed by atoms with E-state index >= 15 is 0 Å². The van der Waals surface area contributed by atoms with Gasteiger partial charge in [0.2, 0.25) is 0 Å². The van der Waals surface area contributed by atoms with E-state index in [1.807, 2.05) is 12.3 Å². The van der Waals surface area contributed by atoms with Crippen LogP contribution in [0.2, 0.25) is 0 Å².